The van der Waals surface area contributed by atoms with E-state index < -0.39 is 13.9 Å². The van der Waals surface area contributed by atoms with Gasteiger partial charge < -0.3 is 20.0 Å². The summed E-state index contributed by atoms with van der Waals surface area (Å²) in [6.45, 7) is 5.73. The number of ether oxygens (including phenoxy) is 1. The van der Waals surface area contributed by atoms with Gasteiger partial charge in [-0.25, -0.2) is 0 Å². The number of carbonyl (C=O) groups is 1. The average Bonchev–Trinajstić information content (AvgIpc) is 2.88. The van der Waals surface area contributed by atoms with E-state index in [0.717, 1.165) is 14.8 Å². The zero-order valence-electron chi connectivity index (χ0n) is 13.5. The molecular weight excluding hydrogens is 425 g/mol. The van der Waals surface area contributed by atoms with Crippen LogP contribution in [0.3, 0.4) is 0 Å². The Hall–Kier alpha value is -0.483. The van der Waals surface area contributed by atoms with Gasteiger partial charge in [-0.15, -0.1) is 0 Å². The highest BCUT2D eigenvalue weighted by atomic mass is 127. The maximum Gasteiger partial charge on any atom is 0.261 e. The van der Waals surface area contributed by atoms with Crippen molar-refractivity contribution >= 4 is 42.5 Å². The third-order valence-corrected chi connectivity index (χ3v) is 8.29. The molecule has 1 saturated heterocycles. The van der Waals surface area contributed by atoms with E-state index in [1.165, 1.54) is 0 Å². The monoisotopic (exact) mass is 447 g/mol. The Balaban J connectivity index is 2.13. The first-order valence-corrected chi connectivity index (χ1v) is 11.9. The SMILES string of the molecule is C[C@H]1[C@H]([Si](C)(C)O)[C@@H](CCO)O[C@]12C(=O)Nc1ccc(I)cc12. The minimum Gasteiger partial charge on any atom is -0.432 e. The van der Waals surface area contributed by atoms with Gasteiger partial charge in [-0.2, -0.15) is 0 Å². The Kier molecular flexibility index (Phi) is 4.37. The molecule has 4 atom stereocenters. The van der Waals surface area contributed by atoms with Crippen LogP contribution in [-0.4, -0.2) is 36.8 Å². The first kappa shape index (κ1) is 17.3. The van der Waals surface area contributed by atoms with Gasteiger partial charge in [0.05, 0.1) is 6.10 Å². The molecular formula is C16H22INO4Si. The molecule has 3 N–H and O–H groups in total. The lowest BCUT2D eigenvalue weighted by atomic mass is 9.82. The fourth-order valence-corrected chi connectivity index (χ4v) is 7.36. The van der Waals surface area contributed by atoms with Crippen molar-refractivity contribution in [2.45, 2.75) is 43.7 Å². The molecule has 2 aliphatic rings. The Bertz CT molecular complexity index is 647. The number of fused-ring (bicyclic) bond motifs is 2. The third kappa shape index (κ3) is 2.57. The van der Waals surface area contributed by atoms with Gasteiger partial charge in [-0.3, -0.25) is 4.79 Å². The van der Waals surface area contributed by atoms with E-state index in [1.54, 1.807) is 0 Å². The molecule has 5 nitrogen and oxygen atoms in total. The van der Waals surface area contributed by atoms with Gasteiger partial charge in [0.25, 0.3) is 5.91 Å². The summed E-state index contributed by atoms with van der Waals surface area (Å²) in [7, 11) is -2.56. The van der Waals surface area contributed by atoms with Crippen LogP contribution in [-0.2, 0) is 15.1 Å². The van der Waals surface area contributed by atoms with Crippen LogP contribution < -0.4 is 5.32 Å². The molecule has 0 saturated carbocycles. The van der Waals surface area contributed by atoms with Gasteiger partial charge in [0.1, 0.15) is 0 Å². The summed E-state index contributed by atoms with van der Waals surface area (Å²) < 4.78 is 7.33. The highest BCUT2D eigenvalue weighted by Gasteiger charge is 2.64. The van der Waals surface area contributed by atoms with Crippen molar-refractivity contribution in [2.24, 2.45) is 5.92 Å². The van der Waals surface area contributed by atoms with Crippen molar-refractivity contribution in [3.05, 3.63) is 27.3 Å². The van der Waals surface area contributed by atoms with Crippen molar-refractivity contribution in [2.75, 3.05) is 11.9 Å². The second kappa shape index (κ2) is 5.80. The summed E-state index contributed by atoms with van der Waals surface area (Å²) in [5.74, 6) is -0.309. The number of hydrogen-bond acceptors (Lipinski definition) is 4. The Morgan fingerprint density at radius 3 is 2.74 bits per heavy atom. The molecule has 1 aromatic carbocycles. The minimum atomic E-state index is -2.56. The van der Waals surface area contributed by atoms with E-state index in [4.69, 9.17) is 4.74 Å². The highest BCUT2D eigenvalue weighted by Crippen LogP contribution is 2.58. The van der Waals surface area contributed by atoms with Crippen molar-refractivity contribution in [3.63, 3.8) is 0 Å². The number of aliphatic hydroxyl groups excluding tert-OH is 1. The highest BCUT2D eigenvalue weighted by molar-refractivity contribution is 14.1. The number of hydrogen-bond donors (Lipinski definition) is 3. The Labute approximate surface area is 150 Å². The zero-order chi connectivity index (χ0) is 17.0. The lowest BCUT2D eigenvalue weighted by molar-refractivity contribution is -0.143. The molecule has 23 heavy (non-hydrogen) atoms. The van der Waals surface area contributed by atoms with E-state index in [0.29, 0.717) is 6.42 Å². The lowest BCUT2D eigenvalue weighted by Gasteiger charge is -2.32. The maximum absolute atomic E-state index is 12.8. The molecule has 1 spiro atoms. The van der Waals surface area contributed by atoms with E-state index in [2.05, 4.69) is 27.9 Å². The smallest absolute Gasteiger partial charge is 0.261 e. The fourth-order valence-electron chi connectivity index (χ4n) is 4.27. The maximum atomic E-state index is 12.8. The molecule has 2 heterocycles. The summed E-state index contributed by atoms with van der Waals surface area (Å²) in [6, 6.07) is 5.83. The number of carbonyl (C=O) groups excluding carboxylic acids is 1. The van der Waals surface area contributed by atoms with Crippen LogP contribution in [0, 0.1) is 9.49 Å². The second-order valence-corrected chi connectivity index (χ2v) is 12.2. The summed E-state index contributed by atoms with van der Waals surface area (Å²) in [4.78, 5) is 23.6. The largest absolute Gasteiger partial charge is 0.432 e. The molecule has 1 amide bonds. The molecule has 0 bridgehead atoms. The van der Waals surface area contributed by atoms with Gasteiger partial charge in [0.15, 0.2) is 13.9 Å². The molecule has 126 valence electrons. The Morgan fingerprint density at radius 2 is 2.13 bits per heavy atom. The van der Waals surface area contributed by atoms with Crippen molar-refractivity contribution < 1.29 is 19.4 Å². The molecule has 0 unspecified atom stereocenters. The van der Waals surface area contributed by atoms with Gasteiger partial charge in [0.2, 0.25) is 0 Å². The van der Waals surface area contributed by atoms with Crippen molar-refractivity contribution in [1.82, 2.24) is 0 Å². The summed E-state index contributed by atoms with van der Waals surface area (Å²) >= 11 is 2.23. The fraction of sp³-hybridized carbons (Fsp3) is 0.562. The number of amides is 1. The molecule has 2 aliphatic heterocycles. The molecule has 0 aromatic heterocycles. The second-order valence-electron chi connectivity index (χ2n) is 7.02. The van der Waals surface area contributed by atoms with Crippen LogP contribution in [0.2, 0.25) is 18.6 Å². The average molecular weight is 447 g/mol. The number of halogens is 1. The first-order valence-electron chi connectivity index (χ1n) is 7.84. The van der Waals surface area contributed by atoms with Gasteiger partial charge in [0, 0.05) is 32.9 Å². The van der Waals surface area contributed by atoms with Crippen LogP contribution in [0.5, 0.6) is 0 Å². The predicted molar refractivity (Wildman–Crippen MR) is 98.7 cm³/mol. The van der Waals surface area contributed by atoms with Crippen LogP contribution in [0.1, 0.15) is 18.9 Å². The zero-order valence-corrected chi connectivity index (χ0v) is 16.6. The molecule has 1 fully saturated rings. The summed E-state index contributed by atoms with van der Waals surface area (Å²) in [6.07, 6.45) is 0.122. The normalized spacial score (nSPS) is 33.1. The minimum absolute atomic E-state index is 0.0186. The lowest BCUT2D eigenvalue weighted by Crippen LogP contribution is -2.43. The number of anilines is 1. The van der Waals surface area contributed by atoms with Gasteiger partial charge in [-0.05, 0) is 60.3 Å². The topological polar surface area (TPSA) is 78.8 Å². The molecule has 1 aromatic rings. The summed E-state index contributed by atoms with van der Waals surface area (Å²) in [5.41, 5.74) is 0.464. The van der Waals surface area contributed by atoms with Crippen molar-refractivity contribution in [3.8, 4) is 0 Å². The van der Waals surface area contributed by atoms with E-state index >= 15 is 0 Å². The number of benzene rings is 1. The summed E-state index contributed by atoms with van der Waals surface area (Å²) in [5, 5.41) is 12.3. The number of rotatable bonds is 3. The van der Waals surface area contributed by atoms with Crippen LogP contribution in [0.15, 0.2) is 18.2 Å². The van der Waals surface area contributed by atoms with Crippen LogP contribution >= 0.6 is 22.6 Å². The molecule has 7 heteroatoms. The number of nitrogens with one attached hydrogen (secondary N) is 1. The van der Waals surface area contributed by atoms with Gasteiger partial charge >= 0.3 is 0 Å². The van der Waals surface area contributed by atoms with Crippen molar-refractivity contribution in [1.29, 1.82) is 0 Å². The molecule has 0 aliphatic carbocycles. The van der Waals surface area contributed by atoms with E-state index in [1.807, 2.05) is 38.2 Å². The standard InChI is InChI=1S/C16H22INO4Si/c1-9-14(23(2,3)21)13(6-7-19)22-16(9)11-8-10(17)4-5-12(11)18-15(16)20/h4-5,8-9,13-14,19,21H,6-7H2,1-3H3,(H,18,20)/t9-,13+,14-,16+/m0/s1. The molecule has 0 radical (unpaired) electrons. The van der Waals surface area contributed by atoms with E-state index in [-0.39, 0.29) is 30.1 Å². The van der Waals surface area contributed by atoms with Crippen LogP contribution in [0.25, 0.3) is 0 Å². The third-order valence-electron chi connectivity index (χ3n) is 5.11. The number of aliphatic hydroxyl groups is 1. The van der Waals surface area contributed by atoms with Gasteiger partial charge in [-0.1, -0.05) is 6.92 Å². The first-order chi connectivity index (χ1) is 10.7. The van der Waals surface area contributed by atoms with Crippen LogP contribution in [0.4, 0.5) is 5.69 Å². The predicted octanol–water partition coefficient (Wildman–Crippen LogP) is 2.42. The van der Waals surface area contributed by atoms with E-state index in [9.17, 15) is 14.7 Å². The molecule has 3 rings (SSSR count). The Morgan fingerprint density at radius 1 is 1.43 bits per heavy atom. The quantitative estimate of drug-likeness (QED) is 0.492.